The molecule has 2 heterocycles. The van der Waals surface area contributed by atoms with E-state index in [9.17, 15) is 8.78 Å². The first-order chi connectivity index (χ1) is 10.6. The van der Waals surface area contributed by atoms with Crippen LogP contribution < -0.4 is 0 Å². The lowest BCUT2D eigenvalue weighted by atomic mass is 10.1. The molecule has 1 aromatic carbocycles. The van der Waals surface area contributed by atoms with Crippen LogP contribution in [0, 0.1) is 18.6 Å². The molecule has 1 unspecified atom stereocenters. The van der Waals surface area contributed by atoms with Gasteiger partial charge in [0, 0.05) is 12.6 Å². The van der Waals surface area contributed by atoms with Crippen LogP contribution in [0.1, 0.15) is 48.7 Å². The summed E-state index contributed by atoms with van der Waals surface area (Å²) in [4.78, 5) is 2.29. The molecule has 118 valence electrons. The van der Waals surface area contributed by atoms with Crippen LogP contribution in [0.15, 0.2) is 28.8 Å². The Morgan fingerprint density at radius 2 is 2.05 bits per heavy atom. The van der Waals surface area contributed by atoms with Gasteiger partial charge in [-0.25, -0.2) is 8.78 Å². The fourth-order valence-corrected chi connectivity index (χ4v) is 3.11. The summed E-state index contributed by atoms with van der Waals surface area (Å²) in [5.41, 5.74) is 1.72. The molecule has 3 rings (SSSR count). The Kier molecular flexibility index (Phi) is 4.52. The SMILES string of the molecule is Cc1cc(C2CCCCCN2Cc2ccc(F)c(F)c2)no1. The molecule has 22 heavy (non-hydrogen) atoms. The van der Waals surface area contributed by atoms with Crippen molar-refractivity contribution in [2.75, 3.05) is 6.54 Å². The Morgan fingerprint density at radius 1 is 1.18 bits per heavy atom. The molecule has 1 aliphatic heterocycles. The summed E-state index contributed by atoms with van der Waals surface area (Å²) in [6.07, 6.45) is 4.44. The molecule has 5 heteroatoms. The molecule has 0 saturated carbocycles. The summed E-state index contributed by atoms with van der Waals surface area (Å²) < 4.78 is 31.7. The molecule has 0 amide bonds. The highest BCUT2D eigenvalue weighted by Gasteiger charge is 2.25. The molecule has 0 spiro atoms. The van der Waals surface area contributed by atoms with Crippen molar-refractivity contribution >= 4 is 0 Å². The van der Waals surface area contributed by atoms with E-state index < -0.39 is 11.6 Å². The number of hydrogen-bond donors (Lipinski definition) is 0. The molecular weight excluding hydrogens is 286 g/mol. The quantitative estimate of drug-likeness (QED) is 0.843. The average molecular weight is 306 g/mol. The van der Waals surface area contributed by atoms with Crippen molar-refractivity contribution in [3.05, 3.63) is 52.9 Å². The van der Waals surface area contributed by atoms with Gasteiger partial charge in [0.05, 0.1) is 6.04 Å². The highest BCUT2D eigenvalue weighted by molar-refractivity contribution is 5.18. The highest BCUT2D eigenvalue weighted by Crippen LogP contribution is 2.31. The van der Waals surface area contributed by atoms with Crippen LogP contribution in [0.5, 0.6) is 0 Å². The van der Waals surface area contributed by atoms with Crippen molar-refractivity contribution in [1.29, 1.82) is 0 Å². The van der Waals surface area contributed by atoms with Crippen LogP contribution in [0.2, 0.25) is 0 Å². The third-order valence-electron chi connectivity index (χ3n) is 4.22. The minimum absolute atomic E-state index is 0.174. The molecule has 0 bridgehead atoms. The van der Waals surface area contributed by atoms with Crippen LogP contribution in [0.3, 0.4) is 0 Å². The zero-order valence-electron chi connectivity index (χ0n) is 12.7. The zero-order valence-corrected chi connectivity index (χ0v) is 12.7. The maximum absolute atomic E-state index is 13.4. The van der Waals surface area contributed by atoms with E-state index in [1.165, 1.54) is 18.6 Å². The van der Waals surface area contributed by atoms with Crippen LogP contribution in [-0.2, 0) is 6.54 Å². The van der Waals surface area contributed by atoms with Crippen LogP contribution in [0.25, 0.3) is 0 Å². The summed E-state index contributed by atoms with van der Waals surface area (Å²) in [5.74, 6) is -0.795. The van der Waals surface area contributed by atoms with Gasteiger partial charge in [-0.1, -0.05) is 24.1 Å². The lowest BCUT2D eigenvalue weighted by molar-refractivity contribution is 0.183. The molecule has 0 radical (unpaired) electrons. The van der Waals surface area contributed by atoms with Gasteiger partial charge in [-0.2, -0.15) is 0 Å². The van der Waals surface area contributed by atoms with Crippen molar-refractivity contribution < 1.29 is 13.3 Å². The molecule has 1 atom stereocenters. The number of benzene rings is 1. The van der Waals surface area contributed by atoms with Gasteiger partial charge in [-0.05, 0) is 44.0 Å². The summed E-state index contributed by atoms with van der Waals surface area (Å²) in [6, 6.07) is 6.26. The second-order valence-electron chi connectivity index (χ2n) is 5.95. The number of hydrogen-bond acceptors (Lipinski definition) is 3. The third-order valence-corrected chi connectivity index (χ3v) is 4.22. The predicted molar refractivity (Wildman–Crippen MR) is 79.2 cm³/mol. The van der Waals surface area contributed by atoms with Crippen LogP contribution in [0.4, 0.5) is 8.78 Å². The van der Waals surface area contributed by atoms with E-state index in [1.807, 2.05) is 13.0 Å². The average Bonchev–Trinajstić information content (AvgIpc) is 2.79. The fraction of sp³-hybridized carbons (Fsp3) is 0.471. The molecule has 0 aliphatic carbocycles. The maximum atomic E-state index is 13.4. The van der Waals surface area contributed by atoms with Gasteiger partial charge in [-0.3, -0.25) is 4.90 Å². The molecule has 1 aliphatic rings. The molecule has 1 fully saturated rings. The van der Waals surface area contributed by atoms with Gasteiger partial charge in [-0.15, -0.1) is 0 Å². The number of likely N-dealkylation sites (tertiary alicyclic amines) is 1. The van der Waals surface area contributed by atoms with E-state index in [4.69, 9.17) is 4.52 Å². The van der Waals surface area contributed by atoms with E-state index >= 15 is 0 Å². The zero-order chi connectivity index (χ0) is 15.5. The minimum atomic E-state index is -0.803. The number of nitrogens with zero attached hydrogens (tertiary/aromatic N) is 2. The monoisotopic (exact) mass is 306 g/mol. The number of halogens is 2. The number of aromatic nitrogens is 1. The van der Waals surface area contributed by atoms with Crippen LogP contribution >= 0.6 is 0 Å². The third kappa shape index (κ3) is 3.35. The smallest absolute Gasteiger partial charge is 0.159 e. The summed E-state index contributed by atoms with van der Waals surface area (Å²) in [7, 11) is 0. The largest absolute Gasteiger partial charge is 0.361 e. The Bertz CT molecular complexity index is 641. The summed E-state index contributed by atoms with van der Waals surface area (Å²) in [6.45, 7) is 3.40. The van der Waals surface area contributed by atoms with Gasteiger partial charge in [0.15, 0.2) is 11.6 Å². The molecule has 2 aromatic rings. The second-order valence-corrected chi connectivity index (χ2v) is 5.95. The molecule has 1 aromatic heterocycles. The number of rotatable bonds is 3. The van der Waals surface area contributed by atoms with Crippen molar-refractivity contribution in [3.8, 4) is 0 Å². The first-order valence-electron chi connectivity index (χ1n) is 7.74. The Balaban J connectivity index is 1.82. The van der Waals surface area contributed by atoms with Crippen molar-refractivity contribution in [2.45, 2.75) is 45.2 Å². The summed E-state index contributed by atoms with van der Waals surface area (Å²) in [5, 5.41) is 4.15. The standard InChI is InChI=1S/C17H20F2N2O/c1-12-9-16(20-22-12)17-5-3-2-4-8-21(17)11-13-6-7-14(18)15(19)10-13/h6-7,9-10,17H,2-5,8,11H2,1H3. The van der Waals surface area contributed by atoms with E-state index in [0.717, 1.165) is 42.8 Å². The predicted octanol–water partition coefficient (Wildman–Crippen LogP) is 4.38. The Hall–Kier alpha value is -1.75. The second kappa shape index (κ2) is 6.57. The van der Waals surface area contributed by atoms with Gasteiger partial charge >= 0.3 is 0 Å². The molecular formula is C17H20F2N2O. The molecule has 3 nitrogen and oxygen atoms in total. The van der Waals surface area contributed by atoms with E-state index in [1.54, 1.807) is 6.07 Å². The number of aryl methyl sites for hydroxylation is 1. The Labute approximate surface area is 128 Å². The normalized spacial score (nSPS) is 20.0. The Morgan fingerprint density at radius 3 is 2.77 bits per heavy atom. The van der Waals surface area contributed by atoms with E-state index in [0.29, 0.717) is 6.54 Å². The lowest BCUT2D eigenvalue weighted by Gasteiger charge is -2.28. The first kappa shape index (κ1) is 15.2. The van der Waals surface area contributed by atoms with Crippen LogP contribution in [-0.4, -0.2) is 16.6 Å². The highest BCUT2D eigenvalue weighted by atomic mass is 19.2. The summed E-state index contributed by atoms with van der Waals surface area (Å²) >= 11 is 0. The van der Waals surface area contributed by atoms with Crippen molar-refractivity contribution in [2.24, 2.45) is 0 Å². The van der Waals surface area contributed by atoms with Gasteiger partial charge in [0.2, 0.25) is 0 Å². The lowest BCUT2D eigenvalue weighted by Crippen LogP contribution is -2.28. The fourth-order valence-electron chi connectivity index (χ4n) is 3.11. The maximum Gasteiger partial charge on any atom is 0.159 e. The van der Waals surface area contributed by atoms with Gasteiger partial charge in [0.25, 0.3) is 0 Å². The van der Waals surface area contributed by atoms with E-state index in [-0.39, 0.29) is 6.04 Å². The van der Waals surface area contributed by atoms with Crippen molar-refractivity contribution in [1.82, 2.24) is 10.1 Å². The molecule has 0 N–H and O–H groups in total. The van der Waals surface area contributed by atoms with Gasteiger partial charge < -0.3 is 4.52 Å². The molecule has 1 saturated heterocycles. The van der Waals surface area contributed by atoms with E-state index in [2.05, 4.69) is 10.1 Å². The topological polar surface area (TPSA) is 29.3 Å². The van der Waals surface area contributed by atoms with Crippen molar-refractivity contribution in [3.63, 3.8) is 0 Å². The minimum Gasteiger partial charge on any atom is -0.361 e. The first-order valence-corrected chi connectivity index (χ1v) is 7.74. The van der Waals surface area contributed by atoms with Gasteiger partial charge in [0.1, 0.15) is 11.5 Å².